The number of nitrogens with one attached hydrogen (secondary N) is 1. The summed E-state index contributed by atoms with van der Waals surface area (Å²) in [6.45, 7) is 6.85. The van der Waals surface area contributed by atoms with E-state index >= 15 is 0 Å². The standard InChI is InChI=1S/C16H21ClN2O2/c1-15(2)10-7-8-16(3,9-10)14(15)18-12-6-4-5-11(17)13(12)19(20)21/h4-6,10,14,18H,7-9H2,1-3H3. The number of fused-ring (bicyclic) bond motifs is 2. The maximum Gasteiger partial charge on any atom is 0.310 e. The van der Waals surface area contributed by atoms with Crippen LogP contribution in [0.3, 0.4) is 0 Å². The molecule has 0 radical (unpaired) electrons. The van der Waals surface area contributed by atoms with Crippen LogP contribution in [0.5, 0.6) is 0 Å². The molecule has 3 atom stereocenters. The van der Waals surface area contributed by atoms with Crippen molar-refractivity contribution in [3.8, 4) is 0 Å². The van der Waals surface area contributed by atoms with Crippen LogP contribution < -0.4 is 5.32 Å². The minimum absolute atomic E-state index is 0.0126. The molecule has 2 aliphatic carbocycles. The number of halogens is 1. The van der Waals surface area contributed by atoms with E-state index in [4.69, 9.17) is 11.6 Å². The molecule has 114 valence electrons. The van der Waals surface area contributed by atoms with Crippen LogP contribution in [0.1, 0.15) is 40.0 Å². The molecule has 0 saturated heterocycles. The minimum atomic E-state index is -0.396. The van der Waals surface area contributed by atoms with Gasteiger partial charge in [0, 0.05) is 6.04 Å². The maximum absolute atomic E-state index is 11.3. The Labute approximate surface area is 130 Å². The van der Waals surface area contributed by atoms with Crippen molar-refractivity contribution in [1.82, 2.24) is 0 Å². The first-order valence-corrected chi connectivity index (χ1v) is 7.83. The smallest absolute Gasteiger partial charge is 0.310 e. The normalized spacial score (nSPS) is 33.1. The Bertz CT molecular complexity index is 597. The van der Waals surface area contributed by atoms with Crippen molar-refractivity contribution in [2.75, 3.05) is 5.32 Å². The molecular weight excluding hydrogens is 288 g/mol. The van der Waals surface area contributed by atoms with Crippen LogP contribution in [0.4, 0.5) is 11.4 Å². The highest BCUT2D eigenvalue weighted by molar-refractivity contribution is 6.33. The third kappa shape index (κ3) is 2.11. The summed E-state index contributed by atoms with van der Waals surface area (Å²) in [7, 11) is 0. The number of benzene rings is 1. The summed E-state index contributed by atoms with van der Waals surface area (Å²) in [4.78, 5) is 10.9. The molecule has 0 spiro atoms. The van der Waals surface area contributed by atoms with Gasteiger partial charge in [-0.25, -0.2) is 0 Å². The van der Waals surface area contributed by atoms with E-state index in [1.54, 1.807) is 18.2 Å². The molecule has 1 N–H and O–H groups in total. The number of rotatable bonds is 3. The van der Waals surface area contributed by atoms with Gasteiger partial charge in [-0.1, -0.05) is 38.4 Å². The number of anilines is 1. The highest BCUT2D eigenvalue weighted by Crippen LogP contribution is 2.63. The summed E-state index contributed by atoms with van der Waals surface area (Å²) in [6, 6.07) is 5.33. The number of hydrogen-bond acceptors (Lipinski definition) is 3. The highest BCUT2D eigenvalue weighted by atomic mass is 35.5. The number of nitrogens with zero attached hydrogens (tertiary/aromatic N) is 1. The fourth-order valence-electron chi connectivity index (χ4n) is 4.64. The van der Waals surface area contributed by atoms with Crippen LogP contribution in [0.2, 0.25) is 5.02 Å². The van der Waals surface area contributed by atoms with E-state index in [1.807, 2.05) is 0 Å². The predicted molar refractivity (Wildman–Crippen MR) is 84.7 cm³/mol. The topological polar surface area (TPSA) is 55.2 Å². The van der Waals surface area contributed by atoms with Crippen LogP contribution in [-0.4, -0.2) is 11.0 Å². The van der Waals surface area contributed by atoms with Gasteiger partial charge in [0.05, 0.1) is 4.92 Å². The van der Waals surface area contributed by atoms with Crippen LogP contribution >= 0.6 is 11.6 Å². The molecule has 1 aromatic rings. The van der Waals surface area contributed by atoms with Crippen molar-refractivity contribution in [3.63, 3.8) is 0 Å². The van der Waals surface area contributed by atoms with Gasteiger partial charge in [-0.2, -0.15) is 0 Å². The lowest BCUT2D eigenvalue weighted by molar-refractivity contribution is -0.383. The van der Waals surface area contributed by atoms with Crippen molar-refractivity contribution >= 4 is 23.0 Å². The average molecular weight is 309 g/mol. The Morgan fingerprint density at radius 3 is 2.67 bits per heavy atom. The molecule has 5 heteroatoms. The molecule has 3 unspecified atom stereocenters. The third-order valence-electron chi connectivity index (χ3n) is 5.74. The van der Waals surface area contributed by atoms with E-state index in [-0.39, 0.29) is 27.6 Å². The molecule has 0 aromatic heterocycles. The van der Waals surface area contributed by atoms with Crippen molar-refractivity contribution in [1.29, 1.82) is 0 Å². The van der Waals surface area contributed by atoms with E-state index in [0.29, 0.717) is 11.6 Å². The second-order valence-corrected chi connectivity index (χ2v) is 7.79. The molecule has 2 fully saturated rings. The third-order valence-corrected chi connectivity index (χ3v) is 6.04. The molecule has 0 aliphatic heterocycles. The summed E-state index contributed by atoms with van der Waals surface area (Å²) in [6.07, 6.45) is 3.65. The molecular formula is C16H21ClN2O2. The SMILES string of the molecule is CC12CCC(C1)C(C)(C)C2Nc1cccc(Cl)c1[N+](=O)[O-]. The largest absolute Gasteiger partial charge is 0.376 e. The first kappa shape index (κ1) is 14.6. The lowest BCUT2D eigenvalue weighted by atomic mass is 9.68. The number of hydrogen-bond donors (Lipinski definition) is 1. The predicted octanol–water partition coefficient (Wildman–Crippen LogP) is 4.87. The van der Waals surface area contributed by atoms with Crippen molar-refractivity contribution in [3.05, 3.63) is 33.3 Å². The average Bonchev–Trinajstić information content (AvgIpc) is 2.85. The first-order chi connectivity index (χ1) is 9.75. The van der Waals surface area contributed by atoms with Crippen LogP contribution in [0, 0.1) is 26.9 Å². The van der Waals surface area contributed by atoms with Gasteiger partial charge < -0.3 is 5.32 Å². The number of nitro benzene ring substituents is 1. The van der Waals surface area contributed by atoms with E-state index in [9.17, 15) is 10.1 Å². The zero-order chi connectivity index (χ0) is 15.4. The Morgan fingerprint density at radius 1 is 1.38 bits per heavy atom. The Kier molecular flexibility index (Phi) is 3.21. The van der Waals surface area contributed by atoms with E-state index in [0.717, 1.165) is 0 Å². The Balaban J connectivity index is 1.98. The van der Waals surface area contributed by atoms with Gasteiger partial charge in [0.1, 0.15) is 10.7 Å². The molecule has 1 aromatic carbocycles. The lowest BCUT2D eigenvalue weighted by Gasteiger charge is -2.43. The fourth-order valence-corrected chi connectivity index (χ4v) is 4.88. The number of nitro groups is 1. The van der Waals surface area contributed by atoms with E-state index in [1.165, 1.54) is 19.3 Å². The summed E-state index contributed by atoms with van der Waals surface area (Å²) >= 11 is 6.01. The monoisotopic (exact) mass is 308 g/mol. The maximum atomic E-state index is 11.3. The molecule has 3 rings (SSSR count). The molecule has 2 bridgehead atoms. The fraction of sp³-hybridized carbons (Fsp3) is 0.625. The van der Waals surface area contributed by atoms with Gasteiger partial charge >= 0.3 is 5.69 Å². The molecule has 0 heterocycles. The Hall–Kier alpha value is -1.29. The lowest BCUT2D eigenvalue weighted by Crippen LogP contribution is -2.45. The zero-order valence-electron chi connectivity index (χ0n) is 12.6. The van der Waals surface area contributed by atoms with Gasteiger partial charge in [0.25, 0.3) is 0 Å². The van der Waals surface area contributed by atoms with Gasteiger partial charge in [-0.05, 0) is 48.1 Å². The van der Waals surface area contributed by atoms with Crippen LogP contribution in [-0.2, 0) is 0 Å². The first-order valence-electron chi connectivity index (χ1n) is 7.45. The summed E-state index contributed by atoms with van der Waals surface area (Å²) in [5, 5.41) is 15.0. The minimum Gasteiger partial charge on any atom is -0.376 e. The van der Waals surface area contributed by atoms with E-state index in [2.05, 4.69) is 26.1 Å². The van der Waals surface area contributed by atoms with Gasteiger partial charge in [-0.3, -0.25) is 10.1 Å². The number of para-hydroxylation sites is 1. The second-order valence-electron chi connectivity index (χ2n) is 7.39. The highest BCUT2D eigenvalue weighted by Gasteiger charge is 2.59. The molecule has 21 heavy (non-hydrogen) atoms. The van der Waals surface area contributed by atoms with Gasteiger partial charge in [0.2, 0.25) is 0 Å². The quantitative estimate of drug-likeness (QED) is 0.640. The van der Waals surface area contributed by atoms with Gasteiger partial charge in [-0.15, -0.1) is 0 Å². The second kappa shape index (κ2) is 4.60. The Morgan fingerprint density at radius 2 is 2.10 bits per heavy atom. The van der Waals surface area contributed by atoms with Crippen molar-refractivity contribution in [2.45, 2.75) is 46.1 Å². The summed E-state index contributed by atoms with van der Waals surface area (Å²) in [5.41, 5.74) is 0.883. The van der Waals surface area contributed by atoms with Crippen molar-refractivity contribution < 1.29 is 4.92 Å². The molecule has 2 saturated carbocycles. The van der Waals surface area contributed by atoms with Crippen LogP contribution in [0.25, 0.3) is 0 Å². The van der Waals surface area contributed by atoms with Crippen molar-refractivity contribution in [2.24, 2.45) is 16.7 Å². The zero-order valence-corrected chi connectivity index (χ0v) is 13.4. The molecule has 4 nitrogen and oxygen atoms in total. The van der Waals surface area contributed by atoms with E-state index < -0.39 is 4.92 Å². The van der Waals surface area contributed by atoms with Crippen LogP contribution in [0.15, 0.2) is 18.2 Å². The van der Waals surface area contributed by atoms with Gasteiger partial charge in [0.15, 0.2) is 0 Å². The summed E-state index contributed by atoms with van der Waals surface area (Å²) < 4.78 is 0. The molecule has 0 amide bonds. The molecule has 2 aliphatic rings. The summed E-state index contributed by atoms with van der Waals surface area (Å²) in [5.74, 6) is 0.693.